The van der Waals surface area contributed by atoms with E-state index in [4.69, 9.17) is 0 Å². The Bertz CT molecular complexity index is 885. The van der Waals surface area contributed by atoms with Crippen molar-refractivity contribution in [3.05, 3.63) is 41.7 Å². The summed E-state index contributed by atoms with van der Waals surface area (Å²) in [5.41, 5.74) is 2.19. The van der Waals surface area contributed by atoms with E-state index in [1.807, 2.05) is 19.9 Å². The van der Waals surface area contributed by atoms with E-state index in [1.54, 1.807) is 29.3 Å². The number of hydrogen-bond donors (Lipinski definition) is 2. The second-order valence-electron chi connectivity index (χ2n) is 6.76. The molecule has 2 aromatic heterocycles. The van der Waals surface area contributed by atoms with Gasteiger partial charge < -0.3 is 10.2 Å². The Morgan fingerprint density at radius 3 is 2.93 bits per heavy atom. The first-order valence-corrected chi connectivity index (χ1v) is 9.14. The molecule has 0 saturated carbocycles. The summed E-state index contributed by atoms with van der Waals surface area (Å²) in [5.74, 6) is 0.793. The fourth-order valence-electron chi connectivity index (χ4n) is 3.77. The summed E-state index contributed by atoms with van der Waals surface area (Å²) in [6, 6.07) is 6.90. The largest absolute Gasteiger partial charge is 0.366 e. The number of rotatable bonds is 3. The number of aromatic nitrogens is 2. The van der Waals surface area contributed by atoms with Crippen LogP contribution in [0.4, 0.5) is 22.1 Å². The number of pyridine rings is 2. The number of fused-ring (bicyclic) bond motifs is 4. The Morgan fingerprint density at radius 1 is 1.33 bits per heavy atom. The fraction of sp³-hybridized carbons (Fsp3) is 0.368. The lowest BCUT2D eigenvalue weighted by atomic mass is 10.1. The number of nitrogens with one attached hydrogen (secondary N) is 2. The molecule has 0 radical (unpaired) electrons. The quantitative estimate of drug-likeness (QED) is 0.869. The molecule has 1 atom stereocenters. The zero-order chi connectivity index (χ0) is 19.0. The number of anilines is 3. The van der Waals surface area contributed by atoms with E-state index in [0.717, 1.165) is 30.8 Å². The SMILES string of the molecule is CCNC(=O)c1cc(C)c2c(n1)N(C(=O)Nc1ccccn1)C1CCN2C1. The molecule has 0 aliphatic carbocycles. The first-order valence-electron chi connectivity index (χ1n) is 9.14. The highest BCUT2D eigenvalue weighted by Gasteiger charge is 2.41. The molecule has 4 rings (SSSR count). The number of carbonyl (C=O) groups excluding carboxylic acids is 2. The number of aryl methyl sites for hydroxylation is 1. The molecule has 140 valence electrons. The standard InChI is InChI=1S/C19H22N6O2/c1-3-20-18(26)14-10-12(2)16-17(22-14)25(13-7-9-24(16)11-13)19(27)23-15-6-4-5-8-21-15/h4-6,8,10,13H,3,7,9,11H2,1-2H3,(H,20,26)(H,21,23,27). The summed E-state index contributed by atoms with van der Waals surface area (Å²) in [6.07, 6.45) is 2.49. The summed E-state index contributed by atoms with van der Waals surface area (Å²) in [6.45, 7) is 5.98. The maximum atomic E-state index is 13.1. The zero-order valence-corrected chi connectivity index (χ0v) is 15.4. The van der Waals surface area contributed by atoms with E-state index >= 15 is 0 Å². The van der Waals surface area contributed by atoms with Crippen LogP contribution in [-0.4, -0.2) is 47.6 Å². The van der Waals surface area contributed by atoms with Crippen LogP contribution in [0.5, 0.6) is 0 Å². The molecular weight excluding hydrogens is 344 g/mol. The lowest BCUT2D eigenvalue weighted by Gasteiger charge is -2.36. The Kier molecular flexibility index (Phi) is 4.39. The first-order chi connectivity index (χ1) is 13.1. The third-order valence-corrected chi connectivity index (χ3v) is 4.93. The number of carbonyl (C=O) groups is 2. The van der Waals surface area contributed by atoms with Crippen LogP contribution < -0.4 is 20.4 Å². The van der Waals surface area contributed by atoms with Gasteiger partial charge in [-0.2, -0.15) is 0 Å². The molecule has 2 aromatic rings. The average Bonchev–Trinajstić information content (AvgIpc) is 3.06. The number of urea groups is 1. The van der Waals surface area contributed by atoms with Crippen LogP contribution in [-0.2, 0) is 0 Å². The van der Waals surface area contributed by atoms with Crippen molar-refractivity contribution in [1.82, 2.24) is 15.3 Å². The Hall–Kier alpha value is -3.16. The van der Waals surface area contributed by atoms with E-state index in [-0.39, 0.29) is 18.0 Å². The van der Waals surface area contributed by atoms with Gasteiger partial charge in [0, 0.05) is 25.8 Å². The minimum atomic E-state index is -0.276. The van der Waals surface area contributed by atoms with Crippen molar-refractivity contribution in [2.24, 2.45) is 0 Å². The minimum absolute atomic E-state index is 0.0256. The molecule has 3 amide bonds. The van der Waals surface area contributed by atoms with Gasteiger partial charge >= 0.3 is 6.03 Å². The van der Waals surface area contributed by atoms with Crippen LogP contribution in [0.25, 0.3) is 0 Å². The van der Waals surface area contributed by atoms with Crippen molar-refractivity contribution in [2.75, 3.05) is 34.8 Å². The molecule has 2 aliphatic heterocycles. The maximum Gasteiger partial charge on any atom is 0.329 e. The van der Waals surface area contributed by atoms with E-state index in [9.17, 15) is 9.59 Å². The van der Waals surface area contributed by atoms with Gasteiger partial charge in [0.15, 0.2) is 5.82 Å². The van der Waals surface area contributed by atoms with Crippen LogP contribution >= 0.6 is 0 Å². The highest BCUT2D eigenvalue weighted by molar-refractivity contribution is 6.05. The zero-order valence-electron chi connectivity index (χ0n) is 15.4. The predicted octanol–water partition coefficient (Wildman–Crippen LogP) is 2.17. The summed E-state index contributed by atoms with van der Waals surface area (Å²) in [4.78, 5) is 38.0. The summed E-state index contributed by atoms with van der Waals surface area (Å²) >= 11 is 0. The van der Waals surface area contributed by atoms with E-state index in [1.165, 1.54) is 0 Å². The van der Waals surface area contributed by atoms with Crippen LogP contribution in [0, 0.1) is 6.92 Å². The molecular formula is C19H22N6O2. The summed E-state index contributed by atoms with van der Waals surface area (Å²) in [7, 11) is 0. The van der Waals surface area contributed by atoms with Gasteiger partial charge in [-0.1, -0.05) is 6.07 Å². The van der Waals surface area contributed by atoms with Gasteiger partial charge in [-0.3, -0.25) is 15.0 Å². The van der Waals surface area contributed by atoms with Crippen LogP contribution in [0.15, 0.2) is 30.5 Å². The normalized spacial score (nSPS) is 17.5. The maximum absolute atomic E-state index is 13.1. The van der Waals surface area contributed by atoms with Gasteiger partial charge in [0.2, 0.25) is 0 Å². The lowest BCUT2D eigenvalue weighted by molar-refractivity contribution is 0.0950. The molecule has 0 spiro atoms. The third-order valence-electron chi connectivity index (χ3n) is 4.93. The fourth-order valence-corrected chi connectivity index (χ4v) is 3.77. The van der Waals surface area contributed by atoms with Gasteiger partial charge in [0.25, 0.3) is 5.91 Å². The number of amides is 3. The summed E-state index contributed by atoms with van der Waals surface area (Å²) < 4.78 is 0. The minimum Gasteiger partial charge on any atom is -0.366 e. The topological polar surface area (TPSA) is 90.5 Å². The van der Waals surface area contributed by atoms with Crippen LogP contribution in [0.1, 0.15) is 29.4 Å². The Labute approximate surface area is 157 Å². The molecule has 0 aromatic carbocycles. The van der Waals surface area contributed by atoms with Crippen molar-refractivity contribution < 1.29 is 9.59 Å². The van der Waals surface area contributed by atoms with Gasteiger partial charge in [0.05, 0.1) is 11.7 Å². The molecule has 27 heavy (non-hydrogen) atoms. The van der Waals surface area contributed by atoms with Crippen molar-refractivity contribution >= 4 is 29.3 Å². The van der Waals surface area contributed by atoms with Crippen LogP contribution in [0.2, 0.25) is 0 Å². The monoisotopic (exact) mass is 366 g/mol. The van der Waals surface area contributed by atoms with Crippen molar-refractivity contribution in [2.45, 2.75) is 26.3 Å². The summed E-state index contributed by atoms with van der Waals surface area (Å²) in [5, 5.41) is 5.62. The Morgan fingerprint density at radius 2 is 2.19 bits per heavy atom. The van der Waals surface area contributed by atoms with Crippen molar-refractivity contribution in [3.63, 3.8) is 0 Å². The molecule has 1 saturated heterocycles. The van der Waals surface area contributed by atoms with Crippen molar-refractivity contribution in [3.8, 4) is 0 Å². The molecule has 1 fully saturated rings. The third kappa shape index (κ3) is 3.07. The molecule has 2 bridgehead atoms. The van der Waals surface area contributed by atoms with E-state index < -0.39 is 0 Å². The molecule has 8 heteroatoms. The second kappa shape index (κ2) is 6.86. The number of nitrogens with zero attached hydrogens (tertiary/aromatic N) is 4. The molecule has 4 heterocycles. The lowest BCUT2D eigenvalue weighted by Crippen LogP contribution is -2.49. The molecule has 2 aliphatic rings. The highest BCUT2D eigenvalue weighted by Crippen LogP contribution is 2.41. The van der Waals surface area contributed by atoms with E-state index in [2.05, 4.69) is 25.5 Å². The predicted molar refractivity (Wildman–Crippen MR) is 103 cm³/mol. The van der Waals surface area contributed by atoms with E-state index in [0.29, 0.717) is 23.9 Å². The smallest absolute Gasteiger partial charge is 0.329 e. The second-order valence-corrected chi connectivity index (χ2v) is 6.76. The molecule has 2 N–H and O–H groups in total. The number of hydrogen-bond acceptors (Lipinski definition) is 5. The Balaban J connectivity index is 1.73. The van der Waals surface area contributed by atoms with Crippen LogP contribution in [0.3, 0.4) is 0 Å². The van der Waals surface area contributed by atoms with Gasteiger partial charge in [-0.05, 0) is 44.0 Å². The van der Waals surface area contributed by atoms with Crippen molar-refractivity contribution in [1.29, 1.82) is 0 Å². The van der Waals surface area contributed by atoms with Gasteiger partial charge in [-0.25, -0.2) is 14.8 Å². The molecule has 1 unspecified atom stereocenters. The van der Waals surface area contributed by atoms with Gasteiger partial charge in [-0.15, -0.1) is 0 Å². The first kappa shape index (κ1) is 17.3. The average molecular weight is 366 g/mol. The molecule has 8 nitrogen and oxygen atoms in total. The highest BCUT2D eigenvalue weighted by atomic mass is 16.2. The van der Waals surface area contributed by atoms with Gasteiger partial charge in [0.1, 0.15) is 11.5 Å².